The fraction of sp³-hybridized carbons (Fsp3) is 0.238. The number of ether oxygens (including phenoxy) is 2. The number of benzene rings is 2. The predicted octanol–water partition coefficient (Wildman–Crippen LogP) is 6.51. The van der Waals surface area contributed by atoms with Crippen LogP contribution in [0.25, 0.3) is 11.0 Å². The van der Waals surface area contributed by atoms with Gasteiger partial charge in [0.15, 0.2) is 17.3 Å². The van der Waals surface area contributed by atoms with Gasteiger partial charge in [-0.2, -0.15) is 5.10 Å². The summed E-state index contributed by atoms with van der Waals surface area (Å²) in [6.45, 7) is 4.05. The van der Waals surface area contributed by atoms with Gasteiger partial charge in [-0.15, -0.1) is 0 Å². The van der Waals surface area contributed by atoms with Crippen molar-refractivity contribution in [2.24, 2.45) is 5.10 Å². The monoisotopic (exact) mass is 648 g/mol. The molecule has 0 fully saturated rings. The fourth-order valence-electron chi connectivity index (χ4n) is 2.62. The Labute approximate surface area is 204 Å². The molecule has 1 amide bonds. The maximum absolute atomic E-state index is 12.4. The van der Waals surface area contributed by atoms with Gasteiger partial charge in [0, 0.05) is 9.86 Å². The number of hydrogen-bond acceptors (Lipinski definition) is 5. The highest BCUT2D eigenvalue weighted by Gasteiger charge is 2.15. The van der Waals surface area contributed by atoms with E-state index in [4.69, 9.17) is 13.9 Å². The van der Waals surface area contributed by atoms with Gasteiger partial charge in [0.25, 0.3) is 0 Å². The van der Waals surface area contributed by atoms with Crippen LogP contribution < -0.4 is 14.9 Å². The first-order valence-electron chi connectivity index (χ1n) is 9.08. The Kier molecular flexibility index (Phi) is 7.81. The number of hydrogen-bond donors (Lipinski definition) is 1. The number of hydrazone groups is 1. The second-order valence-corrected chi connectivity index (χ2v) is 9.42. The van der Waals surface area contributed by atoms with Crippen LogP contribution in [0.3, 0.4) is 0 Å². The van der Waals surface area contributed by atoms with E-state index in [0.29, 0.717) is 17.1 Å². The molecule has 3 rings (SSSR count). The SMILES string of the molecule is CC[C@H](C)Oc1c(Br)cc(/C=N\NC(=O)c2cc3cc(Br)cc(I)c3o2)cc1OC. The summed E-state index contributed by atoms with van der Waals surface area (Å²) < 4.78 is 19.6. The van der Waals surface area contributed by atoms with Crippen LogP contribution in [0.4, 0.5) is 0 Å². The van der Waals surface area contributed by atoms with E-state index in [1.807, 2.05) is 25.1 Å². The lowest BCUT2D eigenvalue weighted by Crippen LogP contribution is -2.16. The Morgan fingerprint density at radius 2 is 2.07 bits per heavy atom. The molecule has 0 saturated heterocycles. The molecule has 0 unspecified atom stereocenters. The number of amides is 1. The summed E-state index contributed by atoms with van der Waals surface area (Å²) in [5, 5.41) is 4.88. The number of halogens is 3. The number of nitrogens with zero attached hydrogens (tertiary/aromatic N) is 1. The molecule has 0 aliphatic heterocycles. The minimum Gasteiger partial charge on any atom is -0.493 e. The molecule has 6 nitrogen and oxygen atoms in total. The number of methoxy groups -OCH3 is 1. The van der Waals surface area contributed by atoms with Gasteiger partial charge in [-0.25, -0.2) is 5.43 Å². The van der Waals surface area contributed by atoms with Gasteiger partial charge in [0.05, 0.1) is 27.5 Å². The van der Waals surface area contributed by atoms with Crippen LogP contribution in [0.5, 0.6) is 11.5 Å². The summed E-state index contributed by atoms with van der Waals surface area (Å²) in [6.07, 6.45) is 2.46. The lowest BCUT2D eigenvalue weighted by atomic mass is 10.2. The van der Waals surface area contributed by atoms with E-state index in [1.165, 1.54) is 6.21 Å². The number of furan rings is 1. The standard InChI is InChI=1S/C21H19Br2IN2O4/c1-4-11(2)29-20-15(23)5-12(6-17(20)28-3)10-25-26-21(27)18-8-13-7-14(22)9-16(24)19(13)30-18/h5-11H,4H2,1-3H3,(H,26,27)/b25-10-/t11-/m0/s1. The number of fused-ring (bicyclic) bond motifs is 1. The summed E-state index contributed by atoms with van der Waals surface area (Å²) in [7, 11) is 1.58. The van der Waals surface area contributed by atoms with E-state index >= 15 is 0 Å². The van der Waals surface area contributed by atoms with Crippen LogP contribution >= 0.6 is 54.5 Å². The Morgan fingerprint density at radius 3 is 2.77 bits per heavy atom. The summed E-state index contributed by atoms with van der Waals surface area (Å²) in [5.41, 5.74) is 3.89. The zero-order valence-corrected chi connectivity index (χ0v) is 21.8. The Balaban J connectivity index is 1.75. The highest BCUT2D eigenvalue weighted by molar-refractivity contribution is 14.1. The normalized spacial score (nSPS) is 12.3. The Bertz CT molecular complexity index is 1110. The minimum atomic E-state index is -0.433. The maximum atomic E-state index is 12.4. The summed E-state index contributed by atoms with van der Waals surface area (Å²) >= 11 is 9.12. The van der Waals surface area contributed by atoms with Crippen molar-refractivity contribution >= 4 is 77.5 Å². The van der Waals surface area contributed by atoms with Crippen LogP contribution in [0.15, 0.2) is 48.8 Å². The van der Waals surface area contributed by atoms with Gasteiger partial charge < -0.3 is 13.9 Å². The third-order valence-corrected chi connectivity index (χ3v) is 6.13. The summed E-state index contributed by atoms with van der Waals surface area (Å²) in [5.74, 6) is 0.970. The molecule has 0 aliphatic carbocycles. The summed E-state index contributed by atoms with van der Waals surface area (Å²) in [6, 6.07) is 9.14. The lowest BCUT2D eigenvalue weighted by molar-refractivity contribution is 0.0929. The van der Waals surface area contributed by atoms with Crippen molar-refractivity contribution in [2.75, 3.05) is 7.11 Å². The molecular formula is C21H19Br2IN2O4. The molecule has 1 N–H and O–H groups in total. The average molecular weight is 650 g/mol. The molecule has 30 heavy (non-hydrogen) atoms. The van der Waals surface area contributed by atoms with Crippen molar-refractivity contribution in [3.05, 3.63) is 54.2 Å². The first kappa shape index (κ1) is 23.1. The third kappa shape index (κ3) is 5.36. The van der Waals surface area contributed by atoms with E-state index < -0.39 is 5.91 Å². The molecule has 0 radical (unpaired) electrons. The van der Waals surface area contributed by atoms with Crippen molar-refractivity contribution in [3.63, 3.8) is 0 Å². The first-order valence-corrected chi connectivity index (χ1v) is 11.7. The molecular weight excluding hydrogens is 631 g/mol. The van der Waals surface area contributed by atoms with E-state index in [-0.39, 0.29) is 11.9 Å². The van der Waals surface area contributed by atoms with Crippen LogP contribution in [0.2, 0.25) is 0 Å². The van der Waals surface area contributed by atoms with Crippen molar-refractivity contribution in [3.8, 4) is 11.5 Å². The molecule has 158 valence electrons. The van der Waals surface area contributed by atoms with Crippen LogP contribution in [0.1, 0.15) is 36.4 Å². The van der Waals surface area contributed by atoms with Crippen molar-refractivity contribution in [2.45, 2.75) is 26.4 Å². The largest absolute Gasteiger partial charge is 0.493 e. The van der Waals surface area contributed by atoms with E-state index in [1.54, 1.807) is 19.2 Å². The van der Waals surface area contributed by atoms with Crippen LogP contribution in [-0.2, 0) is 0 Å². The molecule has 0 bridgehead atoms. The van der Waals surface area contributed by atoms with E-state index in [9.17, 15) is 4.79 Å². The molecule has 0 aliphatic rings. The van der Waals surface area contributed by atoms with Crippen molar-refractivity contribution in [1.29, 1.82) is 0 Å². The quantitative estimate of drug-likeness (QED) is 0.180. The minimum absolute atomic E-state index is 0.0569. The number of carbonyl (C=O) groups excluding carboxylic acids is 1. The molecule has 0 spiro atoms. The van der Waals surface area contributed by atoms with Crippen molar-refractivity contribution < 1.29 is 18.7 Å². The molecule has 9 heteroatoms. The molecule has 1 atom stereocenters. The van der Waals surface area contributed by atoms with E-state index in [0.717, 1.165) is 29.9 Å². The number of nitrogens with one attached hydrogen (secondary N) is 1. The summed E-state index contributed by atoms with van der Waals surface area (Å²) in [4.78, 5) is 12.4. The smallest absolute Gasteiger partial charge is 0.307 e. The second-order valence-electron chi connectivity index (χ2n) is 6.49. The zero-order chi connectivity index (χ0) is 21.8. The van der Waals surface area contributed by atoms with Gasteiger partial charge >= 0.3 is 5.91 Å². The molecule has 0 saturated carbocycles. The highest BCUT2D eigenvalue weighted by Crippen LogP contribution is 2.37. The zero-order valence-electron chi connectivity index (χ0n) is 16.5. The van der Waals surface area contributed by atoms with Crippen LogP contribution in [0, 0.1) is 3.57 Å². The Hall–Kier alpha value is -1.59. The van der Waals surface area contributed by atoms with Gasteiger partial charge in [-0.1, -0.05) is 22.9 Å². The Morgan fingerprint density at radius 1 is 1.30 bits per heavy atom. The van der Waals surface area contributed by atoms with Crippen molar-refractivity contribution in [1.82, 2.24) is 5.43 Å². The fourth-order valence-corrected chi connectivity index (χ4v) is 4.84. The van der Waals surface area contributed by atoms with Gasteiger partial charge in [-0.3, -0.25) is 4.79 Å². The first-order chi connectivity index (χ1) is 14.3. The topological polar surface area (TPSA) is 73.1 Å². The van der Waals surface area contributed by atoms with E-state index in [2.05, 4.69) is 71.9 Å². The molecule has 3 aromatic rings. The van der Waals surface area contributed by atoms with Crippen LogP contribution in [-0.4, -0.2) is 25.3 Å². The molecule has 2 aromatic carbocycles. The number of rotatable bonds is 7. The number of carbonyl (C=O) groups is 1. The molecule has 1 heterocycles. The van der Waals surface area contributed by atoms with Gasteiger partial charge in [0.1, 0.15) is 5.58 Å². The maximum Gasteiger partial charge on any atom is 0.307 e. The predicted molar refractivity (Wildman–Crippen MR) is 133 cm³/mol. The van der Waals surface area contributed by atoms with Gasteiger partial charge in [0.2, 0.25) is 0 Å². The second kappa shape index (κ2) is 10.1. The average Bonchev–Trinajstić information content (AvgIpc) is 3.14. The third-order valence-electron chi connectivity index (χ3n) is 4.28. The van der Waals surface area contributed by atoms with Gasteiger partial charge in [-0.05, 0) is 87.8 Å². The molecule has 1 aromatic heterocycles. The lowest BCUT2D eigenvalue weighted by Gasteiger charge is -2.17. The highest BCUT2D eigenvalue weighted by atomic mass is 127.